The second kappa shape index (κ2) is 4.74. The molecule has 4 heteroatoms. The first-order chi connectivity index (χ1) is 8.18. The minimum Gasteiger partial charge on any atom is -0.381 e. The van der Waals surface area contributed by atoms with Gasteiger partial charge in [0, 0.05) is 30.2 Å². The second-order valence-corrected chi connectivity index (χ2v) is 3.92. The zero-order valence-electron chi connectivity index (χ0n) is 9.66. The Morgan fingerprint density at radius 1 is 1.41 bits per heavy atom. The average molecular weight is 229 g/mol. The van der Waals surface area contributed by atoms with Crippen molar-refractivity contribution in [3.8, 4) is 0 Å². The number of H-pyrrole nitrogens is 1. The molecule has 0 radical (unpaired) electrons. The van der Waals surface area contributed by atoms with E-state index < -0.39 is 5.91 Å². The quantitative estimate of drug-likeness (QED) is 0.750. The molecule has 1 aromatic carbocycles. The van der Waals surface area contributed by atoms with E-state index in [1.165, 1.54) is 0 Å². The lowest BCUT2D eigenvalue weighted by Gasteiger charge is -2.11. The number of carbonyl (C=O) groups excluding carboxylic acids is 1. The molecule has 0 saturated heterocycles. The molecule has 2 aromatic rings. The normalized spacial score (nSPS) is 10.2. The molecule has 0 spiro atoms. The van der Waals surface area contributed by atoms with Crippen molar-refractivity contribution in [2.75, 3.05) is 5.32 Å². The Bertz CT molecular complexity index is 517. The number of primary amides is 1. The molecule has 0 aliphatic rings. The largest absolute Gasteiger partial charge is 0.381 e. The molecule has 2 rings (SSSR count). The number of carbonyl (C=O) groups is 1. The lowest BCUT2D eigenvalue weighted by molar-refractivity contribution is 0.1000. The Hall–Kier alpha value is -2.23. The Balaban J connectivity index is 2.16. The van der Waals surface area contributed by atoms with Crippen molar-refractivity contribution in [3.05, 3.63) is 53.3 Å². The van der Waals surface area contributed by atoms with Gasteiger partial charge in [-0.15, -0.1) is 0 Å². The third kappa shape index (κ3) is 2.47. The number of nitrogens with two attached hydrogens (primary N) is 1. The van der Waals surface area contributed by atoms with E-state index in [0.717, 1.165) is 16.8 Å². The summed E-state index contributed by atoms with van der Waals surface area (Å²) in [5.74, 6) is -0.396. The van der Waals surface area contributed by atoms with Gasteiger partial charge in [-0.1, -0.05) is 6.07 Å². The zero-order chi connectivity index (χ0) is 12.3. The van der Waals surface area contributed by atoms with E-state index in [0.29, 0.717) is 12.1 Å². The van der Waals surface area contributed by atoms with Crippen LogP contribution in [0.4, 0.5) is 5.69 Å². The maximum absolute atomic E-state index is 11.2. The van der Waals surface area contributed by atoms with Crippen LogP contribution in [0.3, 0.4) is 0 Å². The molecule has 88 valence electrons. The van der Waals surface area contributed by atoms with Crippen molar-refractivity contribution < 1.29 is 4.79 Å². The Morgan fingerprint density at radius 3 is 2.88 bits per heavy atom. The maximum Gasteiger partial charge on any atom is 0.249 e. The van der Waals surface area contributed by atoms with Crippen LogP contribution in [0.2, 0.25) is 0 Å². The molecule has 1 heterocycles. The summed E-state index contributed by atoms with van der Waals surface area (Å²) in [6.07, 6.45) is 3.81. The van der Waals surface area contributed by atoms with Gasteiger partial charge in [0.05, 0.1) is 0 Å². The molecule has 1 amide bonds. The minimum absolute atomic E-state index is 0.396. The molecule has 4 N–H and O–H groups in total. The third-order valence-electron chi connectivity index (χ3n) is 2.74. The van der Waals surface area contributed by atoms with E-state index in [4.69, 9.17) is 5.73 Å². The van der Waals surface area contributed by atoms with Gasteiger partial charge in [-0.3, -0.25) is 4.79 Å². The van der Waals surface area contributed by atoms with Crippen molar-refractivity contribution in [3.63, 3.8) is 0 Å². The van der Waals surface area contributed by atoms with Crippen LogP contribution in [0, 0.1) is 6.92 Å². The van der Waals surface area contributed by atoms with Crippen LogP contribution in [0.5, 0.6) is 0 Å². The predicted octanol–water partition coefficient (Wildman–Crippen LogP) is 2.03. The fourth-order valence-electron chi connectivity index (χ4n) is 1.76. The number of benzene rings is 1. The summed E-state index contributed by atoms with van der Waals surface area (Å²) in [6, 6.07) is 7.50. The van der Waals surface area contributed by atoms with Gasteiger partial charge in [-0.25, -0.2) is 0 Å². The molecule has 4 nitrogen and oxygen atoms in total. The van der Waals surface area contributed by atoms with Gasteiger partial charge in [0.15, 0.2) is 0 Å². The smallest absolute Gasteiger partial charge is 0.249 e. The fourth-order valence-corrected chi connectivity index (χ4v) is 1.76. The maximum atomic E-state index is 11.2. The van der Waals surface area contributed by atoms with Gasteiger partial charge < -0.3 is 16.0 Å². The first-order valence-electron chi connectivity index (χ1n) is 5.43. The molecular formula is C13H15N3O. The lowest BCUT2D eigenvalue weighted by atomic mass is 10.1. The molecule has 0 aliphatic carbocycles. The van der Waals surface area contributed by atoms with Gasteiger partial charge in [0.25, 0.3) is 0 Å². The summed E-state index contributed by atoms with van der Waals surface area (Å²) in [7, 11) is 0. The van der Waals surface area contributed by atoms with Crippen molar-refractivity contribution >= 4 is 11.6 Å². The SMILES string of the molecule is Cc1c(NCc2cc[nH]c2)cccc1C(N)=O. The van der Waals surface area contributed by atoms with Crippen molar-refractivity contribution in [1.82, 2.24) is 4.98 Å². The number of aromatic nitrogens is 1. The molecule has 17 heavy (non-hydrogen) atoms. The van der Waals surface area contributed by atoms with Crippen LogP contribution in [0.25, 0.3) is 0 Å². The van der Waals surface area contributed by atoms with Gasteiger partial charge in [0.1, 0.15) is 0 Å². The number of hydrogen-bond acceptors (Lipinski definition) is 2. The Labute approximate surface area is 99.8 Å². The average Bonchev–Trinajstić information content (AvgIpc) is 2.80. The number of hydrogen-bond donors (Lipinski definition) is 3. The summed E-state index contributed by atoms with van der Waals surface area (Å²) in [5.41, 5.74) is 8.84. The van der Waals surface area contributed by atoms with Crippen LogP contribution >= 0.6 is 0 Å². The molecule has 1 aromatic heterocycles. The van der Waals surface area contributed by atoms with Crippen LogP contribution in [0.1, 0.15) is 21.5 Å². The van der Waals surface area contributed by atoms with E-state index in [9.17, 15) is 4.79 Å². The van der Waals surface area contributed by atoms with E-state index in [1.54, 1.807) is 6.07 Å². The number of aromatic amines is 1. The monoisotopic (exact) mass is 229 g/mol. The fraction of sp³-hybridized carbons (Fsp3) is 0.154. The second-order valence-electron chi connectivity index (χ2n) is 3.92. The van der Waals surface area contributed by atoms with Gasteiger partial charge in [-0.05, 0) is 36.2 Å². The Kier molecular flexibility index (Phi) is 3.14. The van der Waals surface area contributed by atoms with E-state index >= 15 is 0 Å². The summed E-state index contributed by atoms with van der Waals surface area (Å²) in [5, 5.41) is 3.28. The molecule has 0 bridgehead atoms. The molecule has 0 unspecified atom stereocenters. The minimum atomic E-state index is -0.396. The summed E-state index contributed by atoms with van der Waals surface area (Å²) < 4.78 is 0. The van der Waals surface area contributed by atoms with Crippen LogP contribution < -0.4 is 11.1 Å². The summed E-state index contributed by atoms with van der Waals surface area (Å²) >= 11 is 0. The highest BCUT2D eigenvalue weighted by atomic mass is 16.1. The zero-order valence-corrected chi connectivity index (χ0v) is 9.66. The first-order valence-corrected chi connectivity index (χ1v) is 5.43. The third-order valence-corrected chi connectivity index (χ3v) is 2.74. The highest BCUT2D eigenvalue weighted by molar-refractivity contribution is 5.95. The van der Waals surface area contributed by atoms with Gasteiger partial charge in [0.2, 0.25) is 5.91 Å². The number of nitrogens with one attached hydrogen (secondary N) is 2. The van der Waals surface area contributed by atoms with Crippen molar-refractivity contribution in [2.45, 2.75) is 13.5 Å². The van der Waals surface area contributed by atoms with Crippen molar-refractivity contribution in [2.24, 2.45) is 5.73 Å². The molecule has 0 fully saturated rings. The topological polar surface area (TPSA) is 70.9 Å². The molecule has 0 atom stereocenters. The van der Waals surface area contributed by atoms with E-state index in [1.807, 2.05) is 37.5 Å². The van der Waals surface area contributed by atoms with Gasteiger partial charge >= 0.3 is 0 Å². The van der Waals surface area contributed by atoms with Crippen molar-refractivity contribution in [1.29, 1.82) is 0 Å². The predicted molar refractivity (Wildman–Crippen MR) is 67.8 cm³/mol. The molecule has 0 saturated carbocycles. The highest BCUT2D eigenvalue weighted by Crippen LogP contribution is 2.19. The van der Waals surface area contributed by atoms with Crippen LogP contribution in [0.15, 0.2) is 36.7 Å². The number of anilines is 1. The highest BCUT2D eigenvalue weighted by Gasteiger charge is 2.07. The first kappa shape index (κ1) is 11.3. The molecule has 0 aliphatic heterocycles. The Morgan fingerprint density at radius 2 is 2.24 bits per heavy atom. The van der Waals surface area contributed by atoms with E-state index in [-0.39, 0.29) is 0 Å². The van der Waals surface area contributed by atoms with Crippen LogP contribution in [-0.2, 0) is 6.54 Å². The lowest BCUT2D eigenvalue weighted by Crippen LogP contribution is -2.13. The standard InChI is InChI=1S/C13H15N3O/c1-9-11(13(14)17)3-2-4-12(9)16-8-10-5-6-15-7-10/h2-7,15-16H,8H2,1H3,(H2,14,17). The molecular weight excluding hydrogens is 214 g/mol. The van der Waals surface area contributed by atoms with Crippen LogP contribution in [-0.4, -0.2) is 10.9 Å². The summed E-state index contributed by atoms with van der Waals surface area (Å²) in [6.45, 7) is 2.60. The van der Waals surface area contributed by atoms with Gasteiger partial charge in [-0.2, -0.15) is 0 Å². The number of amides is 1. The number of rotatable bonds is 4. The summed E-state index contributed by atoms with van der Waals surface area (Å²) in [4.78, 5) is 14.2. The van der Waals surface area contributed by atoms with E-state index in [2.05, 4.69) is 10.3 Å².